The number of pyridine rings is 1. The zero-order valence-corrected chi connectivity index (χ0v) is 18.8. The molecule has 0 atom stereocenters. The van der Waals surface area contributed by atoms with Gasteiger partial charge in [-0.05, 0) is 48.9 Å². The largest absolute Gasteiger partial charge is 0.324 e. The fraction of sp³-hybridized carbons (Fsp3) is 0.269. The fourth-order valence-electron chi connectivity index (χ4n) is 3.93. The van der Waals surface area contributed by atoms with Crippen LogP contribution in [0.1, 0.15) is 21.6 Å². The normalized spacial score (nSPS) is 14.6. The minimum atomic E-state index is -0.250. The first-order valence-corrected chi connectivity index (χ1v) is 11.2. The lowest BCUT2D eigenvalue weighted by Gasteiger charge is -2.34. The van der Waals surface area contributed by atoms with E-state index in [-0.39, 0.29) is 11.8 Å². The number of piperazine rings is 1. The third kappa shape index (κ3) is 6.47. The van der Waals surface area contributed by atoms with Gasteiger partial charge in [0.15, 0.2) is 0 Å². The number of carbonyl (C=O) groups is 2. The van der Waals surface area contributed by atoms with Gasteiger partial charge in [-0.1, -0.05) is 30.3 Å². The molecule has 1 aliphatic rings. The lowest BCUT2D eigenvalue weighted by Crippen LogP contribution is -2.48. The predicted octanol–water partition coefficient (Wildman–Crippen LogP) is 3.40. The number of hydrogen-bond acceptors (Lipinski definition) is 5. The summed E-state index contributed by atoms with van der Waals surface area (Å²) in [7, 11) is 0. The minimum absolute atomic E-state index is 0.121. The van der Waals surface area contributed by atoms with Crippen LogP contribution in [-0.2, 0) is 11.3 Å². The van der Waals surface area contributed by atoms with Gasteiger partial charge in [0.1, 0.15) is 0 Å². The van der Waals surface area contributed by atoms with Crippen LogP contribution in [0.2, 0.25) is 0 Å². The highest BCUT2D eigenvalue weighted by Gasteiger charge is 2.20. The highest BCUT2D eigenvalue weighted by atomic mass is 16.2. The zero-order valence-electron chi connectivity index (χ0n) is 18.8. The van der Waals surface area contributed by atoms with Gasteiger partial charge in [0, 0.05) is 44.6 Å². The summed E-state index contributed by atoms with van der Waals surface area (Å²) in [4.78, 5) is 34.4. The molecule has 1 fully saturated rings. The number of anilines is 2. The summed E-state index contributed by atoms with van der Waals surface area (Å²) in [6.07, 6.45) is 1.81. The number of hydrogen-bond donors (Lipinski definition) is 2. The van der Waals surface area contributed by atoms with Gasteiger partial charge in [0.05, 0.1) is 23.5 Å². The van der Waals surface area contributed by atoms with Crippen LogP contribution in [0.4, 0.5) is 11.4 Å². The van der Waals surface area contributed by atoms with E-state index >= 15 is 0 Å². The highest BCUT2D eigenvalue weighted by molar-refractivity contribution is 6.10. The average molecular weight is 444 g/mol. The summed E-state index contributed by atoms with van der Waals surface area (Å²) in [6, 6.07) is 20.7. The summed E-state index contributed by atoms with van der Waals surface area (Å²) >= 11 is 0. The zero-order chi connectivity index (χ0) is 23.0. The summed E-state index contributed by atoms with van der Waals surface area (Å²) in [5.41, 5.74) is 3.80. The van der Waals surface area contributed by atoms with Crippen LogP contribution in [0.25, 0.3) is 0 Å². The molecule has 0 spiro atoms. The van der Waals surface area contributed by atoms with E-state index in [4.69, 9.17) is 0 Å². The van der Waals surface area contributed by atoms with E-state index in [2.05, 4.69) is 25.4 Å². The van der Waals surface area contributed by atoms with E-state index in [9.17, 15) is 9.59 Å². The van der Waals surface area contributed by atoms with Crippen LogP contribution >= 0.6 is 0 Å². The van der Waals surface area contributed by atoms with Gasteiger partial charge in [0.25, 0.3) is 5.91 Å². The molecule has 2 amide bonds. The second-order valence-corrected chi connectivity index (χ2v) is 8.29. The number of para-hydroxylation sites is 1. The third-order valence-corrected chi connectivity index (χ3v) is 5.67. The molecule has 1 saturated heterocycles. The van der Waals surface area contributed by atoms with Crippen molar-refractivity contribution >= 4 is 23.2 Å². The lowest BCUT2D eigenvalue weighted by molar-refractivity contribution is -0.117. The Hall–Kier alpha value is -3.55. The van der Waals surface area contributed by atoms with Crippen LogP contribution in [0.5, 0.6) is 0 Å². The van der Waals surface area contributed by atoms with Gasteiger partial charge in [-0.15, -0.1) is 0 Å². The maximum Gasteiger partial charge on any atom is 0.257 e. The van der Waals surface area contributed by atoms with Crippen LogP contribution in [0.15, 0.2) is 72.9 Å². The molecule has 2 aromatic carbocycles. The Balaban J connectivity index is 1.30. The Morgan fingerprint density at radius 1 is 0.879 bits per heavy atom. The van der Waals surface area contributed by atoms with Crippen molar-refractivity contribution < 1.29 is 9.59 Å². The molecule has 7 nitrogen and oxygen atoms in total. The van der Waals surface area contributed by atoms with Crippen molar-refractivity contribution in [3.8, 4) is 0 Å². The van der Waals surface area contributed by atoms with E-state index in [1.54, 1.807) is 18.2 Å². The van der Waals surface area contributed by atoms with E-state index in [0.717, 1.165) is 49.7 Å². The van der Waals surface area contributed by atoms with Gasteiger partial charge in [-0.3, -0.25) is 24.4 Å². The van der Waals surface area contributed by atoms with Gasteiger partial charge < -0.3 is 10.6 Å². The summed E-state index contributed by atoms with van der Waals surface area (Å²) in [6.45, 7) is 6.50. The number of aryl methyl sites for hydroxylation is 1. The standard InChI is InChI=1S/C26H29N5O2/c1-20-7-6-9-21(17-20)28-26(33)23-10-2-3-11-24(23)29-25(32)19-31-15-13-30(14-16-31)18-22-8-4-5-12-27-22/h2-12,17H,13-16,18-19H2,1H3,(H,28,33)(H,29,32). The second kappa shape index (κ2) is 10.8. The molecule has 170 valence electrons. The van der Waals surface area contributed by atoms with Gasteiger partial charge in [-0.25, -0.2) is 0 Å². The molecule has 2 N–H and O–H groups in total. The maximum atomic E-state index is 12.8. The number of aromatic nitrogens is 1. The Labute approximate surface area is 194 Å². The summed E-state index contributed by atoms with van der Waals surface area (Å²) in [5.74, 6) is -0.372. The summed E-state index contributed by atoms with van der Waals surface area (Å²) in [5, 5.41) is 5.83. The molecule has 0 unspecified atom stereocenters. The number of amides is 2. The molecule has 0 bridgehead atoms. The third-order valence-electron chi connectivity index (χ3n) is 5.67. The summed E-state index contributed by atoms with van der Waals surface area (Å²) < 4.78 is 0. The number of benzene rings is 2. The lowest BCUT2D eigenvalue weighted by atomic mass is 10.1. The molecule has 7 heteroatoms. The fourth-order valence-corrected chi connectivity index (χ4v) is 3.93. The van der Waals surface area contributed by atoms with Crippen LogP contribution < -0.4 is 10.6 Å². The van der Waals surface area contributed by atoms with Crippen molar-refractivity contribution in [3.05, 3.63) is 89.7 Å². The van der Waals surface area contributed by atoms with E-state index < -0.39 is 0 Å². The van der Waals surface area contributed by atoms with Crippen LogP contribution in [0, 0.1) is 6.92 Å². The maximum absolute atomic E-state index is 12.8. The molecular weight excluding hydrogens is 414 g/mol. The van der Waals surface area contributed by atoms with Crippen molar-refractivity contribution in [3.63, 3.8) is 0 Å². The number of nitrogens with zero attached hydrogens (tertiary/aromatic N) is 3. The molecule has 2 heterocycles. The molecular formula is C26H29N5O2. The quantitative estimate of drug-likeness (QED) is 0.585. The molecule has 0 saturated carbocycles. The SMILES string of the molecule is Cc1cccc(NC(=O)c2ccccc2NC(=O)CN2CCN(Cc3ccccn3)CC2)c1. The highest BCUT2D eigenvalue weighted by Crippen LogP contribution is 2.18. The van der Waals surface area contributed by atoms with Gasteiger partial charge >= 0.3 is 0 Å². The smallest absolute Gasteiger partial charge is 0.257 e. The second-order valence-electron chi connectivity index (χ2n) is 8.29. The van der Waals surface area contributed by atoms with Gasteiger partial charge in [-0.2, -0.15) is 0 Å². The Morgan fingerprint density at radius 2 is 1.64 bits per heavy atom. The van der Waals surface area contributed by atoms with Crippen molar-refractivity contribution in [2.75, 3.05) is 43.4 Å². The van der Waals surface area contributed by atoms with Gasteiger partial charge in [0.2, 0.25) is 5.91 Å². The molecule has 33 heavy (non-hydrogen) atoms. The Bertz CT molecular complexity index is 1090. The molecule has 1 aliphatic heterocycles. The van der Waals surface area contributed by atoms with E-state index in [1.807, 2.05) is 61.7 Å². The first kappa shape index (κ1) is 22.6. The number of nitrogens with one attached hydrogen (secondary N) is 2. The first-order valence-electron chi connectivity index (χ1n) is 11.2. The predicted molar refractivity (Wildman–Crippen MR) is 130 cm³/mol. The van der Waals surface area contributed by atoms with Crippen molar-refractivity contribution in [2.24, 2.45) is 0 Å². The van der Waals surface area contributed by atoms with Crippen LogP contribution in [-0.4, -0.2) is 59.3 Å². The topological polar surface area (TPSA) is 77.6 Å². The van der Waals surface area contributed by atoms with Crippen molar-refractivity contribution in [2.45, 2.75) is 13.5 Å². The Morgan fingerprint density at radius 3 is 2.39 bits per heavy atom. The monoisotopic (exact) mass is 443 g/mol. The minimum Gasteiger partial charge on any atom is -0.324 e. The number of carbonyl (C=O) groups excluding carboxylic acids is 2. The van der Waals surface area contributed by atoms with Crippen molar-refractivity contribution in [1.82, 2.24) is 14.8 Å². The average Bonchev–Trinajstić information content (AvgIpc) is 2.81. The van der Waals surface area contributed by atoms with Crippen LogP contribution in [0.3, 0.4) is 0 Å². The first-order chi connectivity index (χ1) is 16.1. The van der Waals surface area contributed by atoms with E-state index in [1.165, 1.54) is 0 Å². The van der Waals surface area contributed by atoms with E-state index in [0.29, 0.717) is 17.8 Å². The number of rotatable bonds is 7. The molecule has 0 radical (unpaired) electrons. The molecule has 1 aromatic heterocycles. The van der Waals surface area contributed by atoms with Crippen molar-refractivity contribution in [1.29, 1.82) is 0 Å². The molecule has 0 aliphatic carbocycles. The molecule has 3 aromatic rings. The molecule has 4 rings (SSSR count). The Kier molecular flexibility index (Phi) is 7.44.